The maximum atomic E-state index is 11.9. The SMILES string of the molecule is C[C@H]1CCCC[C@@H]1OCC(=O)NCc1noc(-c2ccsc2)n1. The summed E-state index contributed by atoms with van der Waals surface area (Å²) in [6.45, 7) is 2.52. The second-order valence-corrected chi connectivity index (χ2v) is 6.70. The smallest absolute Gasteiger partial charge is 0.258 e. The number of hydrogen-bond donors (Lipinski definition) is 1. The van der Waals surface area contributed by atoms with E-state index in [-0.39, 0.29) is 25.2 Å². The first-order chi connectivity index (χ1) is 11.2. The second-order valence-electron chi connectivity index (χ2n) is 5.92. The molecule has 2 aromatic rings. The van der Waals surface area contributed by atoms with E-state index in [9.17, 15) is 4.79 Å². The highest BCUT2D eigenvalue weighted by Gasteiger charge is 2.22. The van der Waals surface area contributed by atoms with Gasteiger partial charge in [-0.15, -0.1) is 0 Å². The highest BCUT2D eigenvalue weighted by molar-refractivity contribution is 7.08. The average molecular weight is 335 g/mol. The van der Waals surface area contributed by atoms with Crippen LogP contribution in [0.3, 0.4) is 0 Å². The Morgan fingerprint density at radius 1 is 1.48 bits per heavy atom. The molecular weight excluding hydrogens is 314 g/mol. The van der Waals surface area contributed by atoms with Gasteiger partial charge in [0.25, 0.3) is 5.89 Å². The van der Waals surface area contributed by atoms with Gasteiger partial charge in [0.2, 0.25) is 5.91 Å². The van der Waals surface area contributed by atoms with Crippen LogP contribution in [0.5, 0.6) is 0 Å². The number of carbonyl (C=O) groups is 1. The Morgan fingerprint density at radius 2 is 2.35 bits per heavy atom. The van der Waals surface area contributed by atoms with Gasteiger partial charge in [-0.2, -0.15) is 16.3 Å². The van der Waals surface area contributed by atoms with Crippen LogP contribution in [0.2, 0.25) is 0 Å². The first-order valence-electron chi connectivity index (χ1n) is 7.96. The van der Waals surface area contributed by atoms with E-state index < -0.39 is 0 Å². The lowest BCUT2D eigenvalue weighted by molar-refractivity contribution is -0.129. The Hall–Kier alpha value is -1.73. The molecule has 0 unspecified atom stereocenters. The monoisotopic (exact) mass is 335 g/mol. The molecule has 7 heteroatoms. The Labute approximate surface area is 139 Å². The number of carbonyl (C=O) groups excluding carboxylic acids is 1. The third-order valence-corrected chi connectivity index (χ3v) is 4.82. The van der Waals surface area contributed by atoms with E-state index >= 15 is 0 Å². The van der Waals surface area contributed by atoms with E-state index in [0.717, 1.165) is 12.0 Å². The van der Waals surface area contributed by atoms with Crippen LogP contribution >= 0.6 is 11.3 Å². The highest BCUT2D eigenvalue weighted by Crippen LogP contribution is 2.26. The summed E-state index contributed by atoms with van der Waals surface area (Å²) in [5.74, 6) is 1.32. The summed E-state index contributed by atoms with van der Waals surface area (Å²) in [6.07, 6.45) is 4.87. The molecule has 3 rings (SSSR count). The standard InChI is InChI=1S/C16H21N3O3S/c1-11-4-2-3-5-13(11)21-9-15(20)17-8-14-18-16(22-19-14)12-6-7-23-10-12/h6-7,10-11,13H,2-5,8-9H2,1H3,(H,17,20)/t11-,13-/m0/s1. The molecule has 6 nitrogen and oxygen atoms in total. The molecule has 2 heterocycles. The van der Waals surface area contributed by atoms with Gasteiger partial charge in [0, 0.05) is 5.38 Å². The lowest BCUT2D eigenvalue weighted by atomic mass is 9.88. The Balaban J connectivity index is 1.42. The van der Waals surface area contributed by atoms with Crippen LogP contribution in [0.4, 0.5) is 0 Å². The predicted molar refractivity (Wildman–Crippen MR) is 86.8 cm³/mol. The summed E-state index contributed by atoms with van der Waals surface area (Å²) in [4.78, 5) is 16.1. The summed E-state index contributed by atoms with van der Waals surface area (Å²) < 4.78 is 10.9. The molecule has 0 radical (unpaired) electrons. The maximum Gasteiger partial charge on any atom is 0.258 e. The summed E-state index contributed by atoms with van der Waals surface area (Å²) in [7, 11) is 0. The van der Waals surface area contributed by atoms with Crippen LogP contribution in [-0.4, -0.2) is 28.8 Å². The minimum atomic E-state index is -0.148. The highest BCUT2D eigenvalue weighted by atomic mass is 32.1. The lowest BCUT2D eigenvalue weighted by Gasteiger charge is -2.28. The van der Waals surface area contributed by atoms with Crippen LogP contribution in [0.25, 0.3) is 11.5 Å². The third kappa shape index (κ3) is 4.39. The number of aromatic nitrogens is 2. The van der Waals surface area contributed by atoms with Crippen LogP contribution in [0.1, 0.15) is 38.4 Å². The van der Waals surface area contributed by atoms with Crippen molar-refractivity contribution in [2.24, 2.45) is 5.92 Å². The Kier molecular flexibility index (Phi) is 5.40. The van der Waals surface area contributed by atoms with Crippen molar-refractivity contribution >= 4 is 17.2 Å². The molecule has 1 amide bonds. The van der Waals surface area contributed by atoms with Crippen molar-refractivity contribution in [3.05, 3.63) is 22.7 Å². The molecule has 0 saturated heterocycles. The lowest BCUT2D eigenvalue weighted by Crippen LogP contribution is -2.33. The van der Waals surface area contributed by atoms with Crippen molar-refractivity contribution in [1.29, 1.82) is 0 Å². The number of amides is 1. The Bertz CT molecular complexity index is 626. The average Bonchev–Trinajstić information content (AvgIpc) is 3.23. The number of ether oxygens (including phenoxy) is 1. The topological polar surface area (TPSA) is 77.2 Å². The quantitative estimate of drug-likeness (QED) is 0.878. The molecule has 1 aliphatic carbocycles. The summed E-state index contributed by atoms with van der Waals surface area (Å²) in [5.41, 5.74) is 0.898. The van der Waals surface area contributed by atoms with E-state index in [1.807, 2.05) is 16.8 Å². The molecule has 0 aliphatic heterocycles. The van der Waals surface area contributed by atoms with Crippen LogP contribution < -0.4 is 5.32 Å². The third-order valence-electron chi connectivity index (χ3n) is 4.14. The molecule has 23 heavy (non-hydrogen) atoms. The normalized spacial score (nSPS) is 21.3. The van der Waals surface area contributed by atoms with Crippen molar-refractivity contribution in [3.63, 3.8) is 0 Å². The van der Waals surface area contributed by atoms with Crippen LogP contribution in [0.15, 0.2) is 21.3 Å². The number of thiophene rings is 1. The number of rotatable bonds is 6. The van der Waals surface area contributed by atoms with Gasteiger partial charge in [-0.1, -0.05) is 24.9 Å². The van der Waals surface area contributed by atoms with Crippen molar-refractivity contribution in [2.45, 2.75) is 45.3 Å². The van der Waals surface area contributed by atoms with Gasteiger partial charge in [-0.05, 0) is 30.2 Å². The predicted octanol–water partition coefficient (Wildman–Crippen LogP) is 3.01. The zero-order chi connectivity index (χ0) is 16.1. The number of hydrogen-bond acceptors (Lipinski definition) is 6. The van der Waals surface area contributed by atoms with Gasteiger partial charge in [-0.3, -0.25) is 4.79 Å². The molecule has 1 saturated carbocycles. The van der Waals surface area contributed by atoms with Crippen LogP contribution in [0, 0.1) is 5.92 Å². The van der Waals surface area contributed by atoms with Crippen molar-refractivity contribution < 1.29 is 14.1 Å². The fourth-order valence-electron chi connectivity index (χ4n) is 2.77. The summed E-state index contributed by atoms with van der Waals surface area (Å²) in [5, 5.41) is 10.5. The van der Waals surface area contributed by atoms with E-state index in [1.54, 1.807) is 11.3 Å². The van der Waals surface area contributed by atoms with Gasteiger partial charge in [0.1, 0.15) is 6.61 Å². The molecule has 124 valence electrons. The van der Waals surface area contributed by atoms with Gasteiger partial charge in [-0.25, -0.2) is 0 Å². The molecular formula is C16H21N3O3S. The minimum Gasteiger partial charge on any atom is -0.368 e. The first kappa shape index (κ1) is 16.1. The van der Waals surface area contributed by atoms with E-state index in [0.29, 0.717) is 17.6 Å². The molecule has 0 spiro atoms. The van der Waals surface area contributed by atoms with Gasteiger partial charge in [0.15, 0.2) is 5.82 Å². The number of nitrogens with zero attached hydrogens (tertiary/aromatic N) is 2. The van der Waals surface area contributed by atoms with E-state index in [1.165, 1.54) is 19.3 Å². The zero-order valence-corrected chi connectivity index (χ0v) is 14.0. The molecule has 1 fully saturated rings. The fraction of sp³-hybridized carbons (Fsp3) is 0.562. The van der Waals surface area contributed by atoms with Crippen molar-refractivity contribution in [2.75, 3.05) is 6.61 Å². The Morgan fingerprint density at radius 3 is 3.13 bits per heavy atom. The molecule has 0 bridgehead atoms. The largest absolute Gasteiger partial charge is 0.368 e. The number of nitrogens with one attached hydrogen (secondary N) is 1. The molecule has 1 N–H and O–H groups in total. The van der Waals surface area contributed by atoms with Crippen molar-refractivity contribution in [3.8, 4) is 11.5 Å². The van der Waals surface area contributed by atoms with Crippen molar-refractivity contribution in [1.82, 2.24) is 15.5 Å². The van der Waals surface area contributed by atoms with Gasteiger partial charge >= 0.3 is 0 Å². The first-order valence-corrected chi connectivity index (χ1v) is 8.90. The maximum absolute atomic E-state index is 11.9. The summed E-state index contributed by atoms with van der Waals surface area (Å²) >= 11 is 1.57. The second kappa shape index (κ2) is 7.70. The van der Waals surface area contributed by atoms with Gasteiger partial charge in [0.05, 0.1) is 18.2 Å². The van der Waals surface area contributed by atoms with Gasteiger partial charge < -0.3 is 14.6 Å². The molecule has 2 atom stereocenters. The minimum absolute atomic E-state index is 0.0875. The molecule has 1 aliphatic rings. The molecule has 0 aromatic carbocycles. The summed E-state index contributed by atoms with van der Waals surface area (Å²) in [6, 6.07) is 1.92. The van der Waals surface area contributed by atoms with E-state index in [2.05, 4.69) is 22.4 Å². The fourth-order valence-corrected chi connectivity index (χ4v) is 3.40. The molecule has 2 aromatic heterocycles. The van der Waals surface area contributed by atoms with Crippen LogP contribution in [-0.2, 0) is 16.1 Å². The zero-order valence-electron chi connectivity index (χ0n) is 13.2. The van der Waals surface area contributed by atoms with E-state index in [4.69, 9.17) is 9.26 Å².